The van der Waals surface area contributed by atoms with E-state index >= 15 is 0 Å². The highest BCUT2D eigenvalue weighted by molar-refractivity contribution is 5.79. The lowest BCUT2D eigenvalue weighted by Crippen LogP contribution is -2.45. The Morgan fingerprint density at radius 3 is 2.83 bits per heavy atom. The third-order valence-electron chi connectivity index (χ3n) is 4.65. The maximum absolute atomic E-state index is 12.2. The summed E-state index contributed by atoms with van der Waals surface area (Å²) in [5.74, 6) is 0.473. The van der Waals surface area contributed by atoms with Crippen molar-refractivity contribution in [3.63, 3.8) is 0 Å². The summed E-state index contributed by atoms with van der Waals surface area (Å²) in [4.78, 5) is 14.8. The van der Waals surface area contributed by atoms with Gasteiger partial charge in [-0.15, -0.1) is 0 Å². The molecule has 4 nitrogen and oxygen atoms in total. The molecule has 3 rings (SSSR count). The molecule has 18 heavy (non-hydrogen) atoms. The molecule has 4 heteroatoms. The highest BCUT2D eigenvalue weighted by Gasteiger charge is 2.39. The van der Waals surface area contributed by atoms with Gasteiger partial charge in [0.1, 0.15) is 0 Å². The van der Waals surface area contributed by atoms with E-state index in [1.54, 1.807) is 0 Å². The number of nitrogens with one attached hydrogen (secondary N) is 2. The van der Waals surface area contributed by atoms with E-state index in [-0.39, 0.29) is 11.8 Å². The number of hydrogen-bond acceptors (Lipinski definition) is 3. The molecule has 0 bridgehead atoms. The number of hydrogen-bond donors (Lipinski definition) is 2. The first-order chi connectivity index (χ1) is 8.74. The number of nitrogens with zero attached hydrogens (tertiary/aromatic N) is 1. The van der Waals surface area contributed by atoms with Crippen LogP contribution in [-0.2, 0) is 4.79 Å². The largest absolute Gasteiger partial charge is 0.352 e. The highest BCUT2D eigenvalue weighted by Crippen LogP contribution is 2.33. The zero-order valence-electron chi connectivity index (χ0n) is 11.3. The number of rotatable bonds is 3. The lowest BCUT2D eigenvalue weighted by molar-refractivity contribution is -0.126. The Morgan fingerprint density at radius 2 is 2.17 bits per heavy atom. The molecule has 3 fully saturated rings. The first-order valence-corrected chi connectivity index (χ1v) is 7.51. The van der Waals surface area contributed by atoms with Gasteiger partial charge in [-0.05, 0) is 45.6 Å². The van der Waals surface area contributed by atoms with Crippen molar-refractivity contribution in [1.29, 1.82) is 0 Å². The van der Waals surface area contributed by atoms with E-state index < -0.39 is 0 Å². The van der Waals surface area contributed by atoms with Crippen LogP contribution in [0.4, 0.5) is 0 Å². The second-order valence-electron chi connectivity index (χ2n) is 6.26. The second kappa shape index (κ2) is 5.17. The van der Waals surface area contributed by atoms with Gasteiger partial charge in [-0.3, -0.25) is 9.69 Å². The molecule has 3 aliphatic rings. The third-order valence-corrected chi connectivity index (χ3v) is 4.65. The number of carbonyl (C=O) groups excluding carboxylic acids is 1. The maximum Gasteiger partial charge on any atom is 0.224 e. The Hall–Kier alpha value is -0.610. The average molecular weight is 251 g/mol. The summed E-state index contributed by atoms with van der Waals surface area (Å²) < 4.78 is 0. The quantitative estimate of drug-likeness (QED) is 0.777. The summed E-state index contributed by atoms with van der Waals surface area (Å²) in [5.41, 5.74) is 0. The van der Waals surface area contributed by atoms with Crippen molar-refractivity contribution in [2.45, 2.75) is 57.2 Å². The topological polar surface area (TPSA) is 44.4 Å². The summed E-state index contributed by atoms with van der Waals surface area (Å²) in [6, 6.07) is 1.85. The second-order valence-corrected chi connectivity index (χ2v) is 6.26. The van der Waals surface area contributed by atoms with Crippen molar-refractivity contribution < 1.29 is 4.79 Å². The molecule has 1 saturated carbocycles. The van der Waals surface area contributed by atoms with E-state index in [1.165, 1.54) is 12.8 Å². The molecule has 2 aliphatic heterocycles. The van der Waals surface area contributed by atoms with Crippen LogP contribution < -0.4 is 10.6 Å². The van der Waals surface area contributed by atoms with Gasteiger partial charge in [0.25, 0.3) is 0 Å². The van der Waals surface area contributed by atoms with Crippen molar-refractivity contribution >= 4 is 5.91 Å². The average Bonchev–Trinajstić information content (AvgIpc) is 3.15. The third kappa shape index (κ3) is 2.69. The monoisotopic (exact) mass is 251 g/mol. The van der Waals surface area contributed by atoms with Crippen LogP contribution in [0.1, 0.15) is 39.0 Å². The van der Waals surface area contributed by atoms with Crippen LogP contribution in [0.3, 0.4) is 0 Å². The van der Waals surface area contributed by atoms with E-state index in [0.717, 1.165) is 44.9 Å². The van der Waals surface area contributed by atoms with Crippen LogP contribution in [-0.4, -0.2) is 48.6 Å². The molecule has 0 aromatic heterocycles. The molecule has 1 amide bonds. The van der Waals surface area contributed by atoms with Gasteiger partial charge in [0, 0.05) is 31.2 Å². The first kappa shape index (κ1) is 12.4. The normalized spacial score (nSPS) is 37.7. The minimum absolute atomic E-state index is 0.198. The SMILES string of the molecule is CC1CC(NC(=O)C2CCCNC2)CN1C1CC1. The van der Waals surface area contributed by atoms with E-state index in [1.807, 2.05) is 0 Å². The fourth-order valence-corrected chi connectivity index (χ4v) is 3.47. The van der Waals surface area contributed by atoms with Crippen molar-refractivity contribution in [1.82, 2.24) is 15.5 Å². The minimum atomic E-state index is 0.198. The van der Waals surface area contributed by atoms with Gasteiger partial charge < -0.3 is 10.6 Å². The van der Waals surface area contributed by atoms with Crippen LogP contribution in [0.5, 0.6) is 0 Å². The first-order valence-electron chi connectivity index (χ1n) is 7.51. The number of piperidine rings is 1. The highest BCUT2D eigenvalue weighted by atomic mass is 16.2. The number of likely N-dealkylation sites (tertiary alicyclic amines) is 1. The summed E-state index contributed by atoms with van der Waals surface area (Å²) in [6.45, 7) is 5.30. The Bertz CT molecular complexity index is 310. The molecule has 2 N–H and O–H groups in total. The summed E-state index contributed by atoms with van der Waals surface area (Å²) in [5, 5.41) is 6.59. The fourth-order valence-electron chi connectivity index (χ4n) is 3.47. The molecule has 0 aromatic rings. The predicted molar refractivity (Wildman–Crippen MR) is 71.3 cm³/mol. The van der Waals surface area contributed by atoms with Gasteiger partial charge in [-0.2, -0.15) is 0 Å². The summed E-state index contributed by atoms with van der Waals surface area (Å²) in [6.07, 6.45) is 6.03. The molecular formula is C14H25N3O. The number of amides is 1. The van der Waals surface area contributed by atoms with Gasteiger partial charge in [0.2, 0.25) is 5.91 Å². The van der Waals surface area contributed by atoms with Crippen molar-refractivity contribution in [3.8, 4) is 0 Å². The summed E-state index contributed by atoms with van der Waals surface area (Å²) >= 11 is 0. The Labute approximate surface area is 109 Å². The minimum Gasteiger partial charge on any atom is -0.352 e. The van der Waals surface area contributed by atoms with Gasteiger partial charge >= 0.3 is 0 Å². The van der Waals surface area contributed by atoms with E-state index in [4.69, 9.17) is 0 Å². The summed E-state index contributed by atoms with van der Waals surface area (Å²) in [7, 11) is 0. The van der Waals surface area contributed by atoms with E-state index in [0.29, 0.717) is 12.1 Å². The van der Waals surface area contributed by atoms with Gasteiger partial charge in [-0.1, -0.05) is 0 Å². The molecule has 0 radical (unpaired) electrons. The van der Waals surface area contributed by atoms with Crippen LogP contribution in [0.25, 0.3) is 0 Å². The Balaban J connectivity index is 1.49. The zero-order chi connectivity index (χ0) is 12.5. The smallest absolute Gasteiger partial charge is 0.224 e. The molecular weight excluding hydrogens is 226 g/mol. The zero-order valence-corrected chi connectivity index (χ0v) is 11.3. The molecule has 0 spiro atoms. The number of carbonyl (C=O) groups is 1. The van der Waals surface area contributed by atoms with Gasteiger partial charge in [0.05, 0.1) is 5.92 Å². The molecule has 0 aromatic carbocycles. The molecule has 3 unspecified atom stereocenters. The molecule has 102 valence electrons. The molecule has 2 saturated heterocycles. The molecule has 3 atom stereocenters. The Kier molecular flexibility index (Phi) is 3.57. The maximum atomic E-state index is 12.2. The van der Waals surface area contributed by atoms with Crippen LogP contribution in [0, 0.1) is 5.92 Å². The lowest BCUT2D eigenvalue weighted by atomic mass is 9.98. The van der Waals surface area contributed by atoms with E-state index in [2.05, 4.69) is 22.5 Å². The Morgan fingerprint density at radius 1 is 1.33 bits per heavy atom. The van der Waals surface area contributed by atoms with Crippen molar-refractivity contribution in [2.75, 3.05) is 19.6 Å². The van der Waals surface area contributed by atoms with Crippen LogP contribution in [0.15, 0.2) is 0 Å². The van der Waals surface area contributed by atoms with Gasteiger partial charge in [0.15, 0.2) is 0 Å². The van der Waals surface area contributed by atoms with Crippen molar-refractivity contribution in [2.24, 2.45) is 5.92 Å². The molecule has 2 heterocycles. The van der Waals surface area contributed by atoms with E-state index in [9.17, 15) is 4.79 Å². The fraction of sp³-hybridized carbons (Fsp3) is 0.929. The standard InChI is InChI=1S/C14H25N3O/c1-10-7-12(9-17(10)13-4-5-13)16-14(18)11-3-2-6-15-8-11/h10-13,15H,2-9H2,1H3,(H,16,18). The van der Waals surface area contributed by atoms with Gasteiger partial charge in [-0.25, -0.2) is 0 Å². The van der Waals surface area contributed by atoms with Crippen LogP contribution >= 0.6 is 0 Å². The van der Waals surface area contributed by atoms with Crippen molar-refractivity contribution in [3.05, 3.63) is 0 Å². The molecule has 1 aliphatic carbocycles. The predicted octanol–water partition coefficient (Wildman–Crippen LogP) is 0.727. The lowest BCUT2D eigenvalue weighted by Gasteiger charge is -2.24. The van der Waals surface area contributed by atoms with Crippen LogP contribution in [0.2, 0.25) is 0 Å².